The van der Waals surface area contributed by atoms with E-state index in [1.54, 1.807) is 47.4 Å². The molecule has 6 heteroatoms. The van der Waals surface area contributed by atoms with Crippen molar-refractivity contribution in [2.75, 3.05) is 18.4 Å². The lowest BCUT2D eigenvalue weighted by atomic mass is 10.0. The Labute approximate surface area is 157 Å². The molecule has 0 saturated carbocycles. The van der Waals surface area contributed by atoms with Crippen LogP contribution in [0.4, 0.5) is 5.69 Å². The minimum absolute atomic E-state index is 0.0698. The second-order valence-corrected chi connectivity index (χ2v) is 6.56. The molecular formula is C21H22N2O4. The van der Waals surface area contributed by atoms with Crippen LogP contribution in [-0.4, -0.2) is 40.9 Å². The van der Waals surface area contributed by atoms with Gasteiger partial charge in [-0.2, -0.15) is 0 Å². The first kappa shape index (κ1) is 18.6. The molecule has 1 aliphatic heterocycles. The summed E-state index contributed by atoms with van der Waals surface area (Å²) in [5.41, 5.74) is 1.79. The SMILES string of the molecule is O=C(CCc1ccccc1C(=O)O)Nc1ccccc1C(=O)N1CCCC1. The zero-order chi connectivity index (χ0) is 19.2. The Morgan fingerprint density at radius 1 is 0.926 bits per heavy atom. The highest BCUT2D eigenvalue weighted by atomic mass is 16.4. The predicted molar refractivity (Wildman–Crippen MR) is 102 cm³/mol. The van der Waals surface area contributed by atoms with Gasteiger partial charge in [-0.25, -0.2) is 4.79 Å². The molecule has 0 unspecified atom stereocenters. The van der Waals surface area contributed by atoms with Crippen molar-refractivity contribution in [3.63, 3.8) is 0 Å². The molecular weight excluding hydrogens is 344 g/mol. The first-order chi connectivity index (χ1) is 13.1. The van der Waals surface area contributed by atoms with Gasteiger partial charge in [0.2, 0.25) is 5.91 Å². The number of nitrogens with zero attached hydrogens (tertiary/aromatic N) is 1. The maximum atomic E-state index is 12.7. The molecule has 27 heavy (non-hydrogen) atoms. The molecule has 6 nitrogen and oxygen atoms in total. The van der Waals surface area contributed by atoms with Crippen molar-refractivity contribution in [2.24, 2.45) is 0 Å². The highest BCUT2D eigenvalue weighted by molar-refractivity contribution is 6.03. The van der Waals surface area contributed by atoms with Gasteiger partial charge in [-0.15, -0.1) is 0 Å². The van der Waals surface area contributed by atoms with E-state index in [9.17, 15) is 19.5 Å². The number of para-hydroxylation sites is 1. The molecule has 0 aromatic heterocycles. The van der Waals surface area contributed by atoms with Crippen LogP contribution >= 0.6 is 0 Å². The van der Waals surface area contributed by atoms with Gasteiger partial charge in [0, 0.05) is 19.5 Å². The Morgan fingerprint density at radius 3 is 2.26 bits per heavy atom. The maximum absolute atomic E-state index is 12.7. The third-order valence-electron chi connectivity index (χ3n) is 4.69. The van der Waals surface area contributed by atoms with Crippen LogP contribution in [0.15, 0.2) is 48.5 Å². The van der Waals surface area contributed by atoms with E-state index in [0.717, 1.165) is 25.9 Å². The number of carbonyl (C=O) groups excluding carboxylic acids is 2. The van der Waals surface area contributed by atoms with Gasteiger partial charge in [-0.3, -0.25) is 9.59 Å². The van der Waals surface area contributed by atoms with Crippen molar-refractivity contribution in [1.82, 2.24) is 4.90 Å². The zero-order valence-electron chi connectivity index (χ0n) is 15.0. The number of hydrogen-bond donors (Lipinski definition) is 2. The highest BCUT2D eigenvalue weighted by Gasteiger charge is 2.22. The van der Waals surface area contributed by atoms with E-state index >= 15 is 0 Å². The summed E-state index contributed by atoms with van der Waals surface area (Å²) in [5.74, 6) is -1.33. The molecule has 2 amide bonds. The topological polar surface area (TPSA) is 86.7 Å². The number of carboxylic acid groups (broad SMARTS) is 1. The number of rotatable bonds is 6. The zero-order valence-corrected chi connectivity index (χ0v) is 15.0. The summed E-state index contributed by atoms with van der Waals surface area (Å²) >= 11 is 0. The van der Waals surface area contributed by atoms with E-state index in [4.69, 9.17) is 0 Å². The lowest BCUT2D eigenvalue weighted by Gasteiger charge is -2.18. The Bertz CT molecular complexity index is 857. The second kappa shape index (κ2) is 8.49. The quantitative estimate of drug-likeness (QED) is 0.822. The summed E-state index contributed by atoms with van der Waals surface area (Å²) in [7, 11) is 0. The first-order valence-corrected chi connectivity index (χ1v) is 9.05. The van der Waals surface area contributed by atoms with E-state index in [0.29, 0.717) is 23.2 Å². The number of hydrogen-bond acceptors (Lipinski definition) is 3. The van der Waals surface area contributed by atoms with E-state index in [1.165, 1.54) is 6.07 Å². The van der Waals surface area contributed by atoms with Gasteiger partial charge >= 0.3 is 5.97 Å². The number of aromatic carboxylic acids is 1. The van der Waals surface area contributed by atoms with Crippen molar-refractivity contribution in [3.8, 4) is 0 Å². The molecule has 1 heterocycles. The summed E-state index contributed by atoms with van der Waals surface area (Å²) in [6.45, 7) is 1.49. The first-order valence-electron chi connectivity index (χ1n) is 9.05. The van der Waals surface area contributed by atoms with Crippen LogP contribution < -0.4 is 5.32 Å². The molecule has 140 valence electrons. The third-order valence-corrected chi connectivity index (χ3v) is 4.69. The Hall–Kier alpha value is -3.15. The number of carboxylic acids is 1. The number of anilines is 1. The molecule has 1 aliphatic rings. The number of carbonyl (C=O) groups is 3. The van der Waals surface area contributed by atoms with E-state index in [2.05, 4.69) is 5.32 Å². The third kappa shape index (κ3) is 4.53. The van der Waals surface area contributed by atoms with Gasteiger partial charge in [0.05, 0.1) is 16.8 Å². The van der Waals surface area contributed by atoms with Crippen LogP contribution in [0, 0.1) is 0 Å². The average Bonchev–Trinajstić information content (AvgIpc) is 3.21. The van der Waals surface area contributed by atoms with E-state index < -0.39 is 5.97 Å². The van der Waals surface area contributed by atoms with Crippen LogP contribution in [0.25, 0.3) is 0 Å². The maximum Gasteiger partial charge on any atom is 0.335 e. The van der Waals surface area contributed by atoms with Crippen molar-refractivity contribution < 1.29 is 19.5 Å². The van der Waals surface area contributed by atoms with Crippen molar-refractivity contribution in [3.05, 3.63) is 65.2 Å². The Kier molecular flexibility index (Phi) is 5.86. The van der Waals surface area contributed by atoms with Gasteiger partial charge < -0.3 is 15.3 Å². The monoisotopic (exact) mass is 366 g/mol. The van der Waals surface area contributed by atoms with Gasteiger partial charge in [-0.1, -0.05) is 30.3 Å². The summed E-state index contributed by atoms with van der Waals surface area (Å²) in [6.07, 6.45) is 2.46. The molecule has 0 spiro atoms. The number of benzene rings is 2. The average molecular weight is 366 g/mol. The fraction of sp³-hybridized carbons (Fsp3) is 0.286. The molecule has 1 saturated heterocycles. The molecule has 0 radical (unpaired) electrons. The number of likely N-dealkylation sites (tertiary alicyclic amines) is 1. The summed E-state index contributed by atoms with van der Waals surface area (Å²) in [4.78, 5) is 38.1. The molecule has 0 aliphatic carbocycles. The van der Waals surface area contributed by atoms with E-state index in [1.807, 2.05) is 0 Å². The Morgan fingerprint density at radius 2 is 1.56 bits per heavy atom. The molecule has 3 rings (SSSR count). The minimum atomic E-state index is -1.01. The number of nitrogens with one attached hydrogen (secondary N) is 1. The molecule has 2 aromatic carbocycles. The lowest BCUT2D eigenvalue weighted by Crippen LogP contribution is -2.28. The van der Waals surface area contributed by atoms with Crippen LogP contribution in [0.5, 0.6) is 0 Å². The van der Waals surface area contributed by atoms with Crippen LogP contribution in [0.2, 0.25) is 0 Å². The fourth-order valence-electron chi connectivity index (χ4n) is 3.28. The van der Waals surface area contributed by atoms with Crippen molar-refractivity contribution in [2.45, 2.75) is 25.7 Å². The van der Waals surface area contributed by atoms with E-state index in [-0.39, 0.29) is 23.8 Å². The van der Waals surface area contributed by atoms with Crippen LogP contribution in [0.3, 0.4) is 0 Å². The lowest BCUT2D eigenvalue weighted by molar-refractivity contribution is -0.116. The van der Waals surface area contributed by atoms with Gasteiger partial charge in [0.25, 0.3) is 5.91 Å². The molecule has 0 bridgehead atoms. The van der Waals surface area contributed by atoms with Crippen molar-refractivity contribution in [1.29, 1.82) is 0 Å². The Balaban J connectivity index is 1.67. The number of aryl methyl sites for hydroxylation is 1. The number of amides is 2. The summed E-state index contributed by atoms with van der Waals surface area (Å²) in [6, 6.07) is 13.6. The molecule has 1 fully saturated rings. The molecule has 2 N–H and O–H groups in total. The van der Waals surface area contributed by atoms with Gasteiger partial charge in [0.15, 0.2) is 0 Å². The molecule has 0 atom stereocenters. The smallest absolute Gasteiger partial charge is 0.335 e. The predicted octanol–water partition coefficient (Wildman–Crippen LogP) is 3.19. The summed E-state index contributed by atoms with van der Waals surface area (Å²) in [5, 5.41) is 12.0. The van der Waals surface area contributed by atoms with Crippen molar-refractivity contribution >= 4 is 23.5 Å². The highest BCUT2D eigenvalue weighted by Crippen LogP contribution is 2.20. The normalized spacial score (nSPS) is 13.4. The fourth-order valence-corrected chi connectivity index (χ4v) is 3.28. The van der Waals surface area contributed by atoms with Gasteiger partial charge in [-0.05, 0) is 43.0 Å². The van der Waals surface area contributed by atoms with Crippen LogP contribution in [-0.2, 0) is 11.2 Å². The standard InChI is InChI=1S/C21H22N2O4/c24-19(12-11-15-7-1-2-8-16(15)21(26)27)22-18-10-4-3-9-17(18)20(25)23-13-5-6-14-23/h1-4,7-10H,5-6,11-14H2,(H,22,24)(H,26,27). The minimum Gasteiger partial charge on any atom is -0.478 e. The largest absolute Gasteiger partial charge is 0.478 e. The molecule has 2 aromatic rings. The summed E-state index contributed by atoms with van der Waals surface area (Å²) < 4.78 is 0. The van der Waals surface area contributed by atoms with Crippen LogP contribution in [0.1, 0.15) is 45.5 Å². The second-order valence-electron chi connectivity index (χ2n) is 6.56. The van der Waals surface area contributed by atoms with Gasteiger partial charge in [0.1, 0.15) is 0 Å².